The first-order chi connectivity index (χ1) is 35.8. The molecule has 0 bridgehead atoms. The van der Waals surface area contributed by atoms with Gasteiger partial charge in [0, 0.05) is 34.7 Å². The zero-order valence-electron chi connectivity index (χ0n) is 37.3. The van der Waals surface area contributed by atoms with Crippen molar-refractivity contribution >= 4 is 167 Å². The summed E-state index contributed by atoms with van der Waals surface area (Å²) in [4.78, 5) is 31.7. The Morgan fingerprint density at radius 3 is 1.43 bits per heavy atom. The molecule has 0 fully saturated rings. The van der Waals surface area contributed by atoms with Gasteiger partial charge in [-0.15, -0.1) is 11.8 Å². The molecule has 0 saturated heterocycles. The number of aromatic carboxylic acids is 2. The number of hydrogen-bond acceptors (Lipinski definition) is 9. The van der Waals surface area contributed by atoms with E-state index in [1.807, 2.05) is 30.3 Å². The Hall–Kier alpha value is -4.92. The first-order valence-electron chi connectivity index (χ1n) is 19.6. The normalized spacial score (nSPS) is 10.1. The van der Waals surface area contributed by atoms with E-state index >= 15 is 0 Å². The number of carboxylic acid groups (broad SMARTS) is 2. The van der Waals surface area contributed by atoms with E-state index in [4.69, 9.17) is 112 Å². The van der Waals surface area contributed by atoms with Crippen LogP contribution in [-0.4, -0.2) is 41.6 Å². The van der Waals surface area contributed by atoms with Gasteiger partial charge in [-0.3, -0.25) is 4.79 Å². The molecule has 0 heterocycles. The molecule has 0 atom stereocenters. The smallest absolute Gasteiger partial charge is 0.338 e. The quantitative estimate of drug-likeness (QED) is 0.0509. The molecule has 0 saturated carbocycles. The van der Waals surface area contributed by atoms with E-state index < -0.39 is 94.2 Å². The number of aromatic hydroxyl groups is 1. The largest absolute Gasteiger partial charge is 0.505 e. The van der Waals surface area contributed by atoms with Crippen molar-refractivity contribution in [3.63, 3.8) is 0 Å². The van der Waals surface area contributed by atoms with Crippen LogP contribution >= 0.6 is 140 Å². The highest BCUT2D eigenvalue weighted by molar-refractivity contribution is 9.11. The second kappa shape index (κ2) is 32.2. The van der Waals surface area contributed by atoms with Crippen LogP contribution in [0.1, 0.15) is 47.8 Å². The molecule has 0 spiro atoms. The Kier molecular flexibility index (Phi) is 28.5. The number of benzene rings is 7. The van der Waals surface area contributed by atoms with E-state index in [1.165, 1.54) is 71.9 Å². The number of thioether (sulfide) groups is 1. The number of halogens is 16. The molecule has 1 amide bonds. The number of hydrogen-bond donors (Lipinski definition) is 4. The highest BCUT2D eigenvalue weighted by atomic mass is 79.9. The molecule has 5 N–H and O–H groups in total. The molecule has 11 nitrogen and oxygen atoms in total. The van der Waals surface area contributed by atoms with Crippen LogP contribution in [0, 0.1) is 57.6 Å². The maximum atomic E-state index is 13.4. The van der Waals surface area contributed by atoms with Crippen LogP contribution in [0.25, 0.3) is 0 Å². The molecule has 0 aliphatic carbocycles. The number of phenols is 1. The van der Waals surface area contributed by atoms with Crippen molar-refractivity contribution in [1.82, 2.24) is 0 Å². The Morgan fingerprint density at radius 2 is 0.974 bits per heavy atom. The zero-order chi connectivity index (χ0) is 58.6. The monoisotopic (exact) mass is 1430 g/mol. The number of carbonyl (C=O) groups is 3. The van der Waals surface area contributed by atoms with E-state index in [9.17, 15) is 49.1 Å². The summed E-state index contributed by atoms with van der Waals surface area (Å²) >= 11 is 43.2. The van der Waals surface area contributed by atoms with Crippen LogP contribution in [0.4, 0.5) is 26.3 Å². The van der Waals surface area contributed by atoms with Crippen molar-refractivity contribution < 1.29 is 64.5 Å². The lowest BCUT2D eigenvalue weighted by atomic mass is 10.2. The molecule has 404 valence electrons. The van der Waals surface area contributed by atoms with Gasteiger partial charge in [-0.2, -0.15) is 10.5 Å². The highest BCUT2D eigenvalue weighted by Crippen LogP contribution is 2.31. The lowest BCUT2D eigenvalue weighted by Crippen LogP contribution is -2.13. The van der Waals surface area contributed by atoms with Gasteiger partial charge in [-0.25, -0.2) is 44.3 Å². The summed E-state index contributed by atoms with van der Waals surface area (Å²) in [7, 11) is 0.989. The van der Waals surface area contributed by atoms with Gasteiger partial charge in [-0.05, 0) is 78.4 Å². The Labute approximate surface area is 497 Å². The van der Waals surface area contributed by atoms with Crippen molar-refractivity contribution in [3.05, 3.63) is 221 Å². The summed E-state index contributed by atoms with van der Waals surface area (Å²) in [6.07, 6.45) is 0. The maximum absolute atomic E-state index is 13.4. The molecule has 77 heavy (non-hydrogen) atoms. The molecule has 7 rings (SSSR count). The number of rotatable bonds is 7. The number of primary amides is 1. The van der Waals surface area contributed by atoms with Crippen molar-refractivity contribution in [2.24, 2.45) is 5.73 Å². The molecule has 29 heteroatoms. The number of nitriles is 2. The molecule has 0 aliphatic rings. The van der Waals surface area contributed by atoms with Gasteiger partial charge in [0.1, 0.15) is 12.1 Å². The first-order valence-corrected chi connectivity index (χ1v) is 27.5. The summed E-state index contributed by atoms with van der Waals surface area (Å²) in [6.45, 7) is 0. The van der Waals surface area contributed by atoms with Gasteiger partial charge in [0.05, 0.1) is 62.8 Å². The van der Waals surface area contributed by atoms with Crippen LogP contribution in [0.15, 0.2) is 132 Å². The zero-order valence-corrected chi connectivity index (χ0v) is 49.0. The third-order valence-electron chi connectivity index (χ3n) is 8.41. The fourth-order valence-corrected chi connectivity index (χ4v) is 9.78. The van der Waals surface area contributed by atoms with Crippen LogP contribution in [-0.2, 0) is 14.8 Å². The number of carbonyl (C=O) groups excluding carboxylic acids is 1. The summed E-state index contributed by atoms with van der Waals surface area (Å²) in [5, 5.41) is 41.9. The number of amides is 1. The minimum Gasteiger partial charge on any atom is -0.505 e. The summed E-state index contributed by atoms with van der Waals surface area (Å²) in [5.74, 6) is -8.16. The maximum Gasteiger partial charge on any atom is 0.338 e. The van der Waals surface area contributed by atoms with E-state index in [0.29, 0.717) is 13.4 Å². The van der Waals surface area contributed by atoms with Crippen molar-refractivity contribution in [2.75, 3.05) is 0 Å². The Bertz CT molecular complexity index is 3450. The van der Waals surface area contributed by atoms with Gasteiger partial charge in [-0.1, -0.05) is 154 Å². The van der Waals surface area contributed by atoms with Crippen molar-refractivity contribution in [3.8, 4) is 17.9 Å². The third-order valence-corrected chi connectivity index (χ3v) is 13.8. The molecule has 0 radical (unpaired) electrons. The van der Waals surface area contributed by atoms with Crippen LogP contribution in [0.5, 0.6) is 5.75 Å². The molecule has 0 aromatic heterocycles. The minimum absolute atomic E-state index is 0.00962. The fourth-order valence-electron chi connectivity index (χ4n) is 4.91. The summed E-state index contributed by atoms with van der Waals surface area (Å²) in [6, 6.07) is 29.5. The second-order valence-electron chi connectivity index (χ2n) is 13.8. The van der Waals surface area contributed by atoms with Crippen LogP contribution in [0.2, 0.25) is 30.1 Å². The summed E-state index contributed by atoms with van der Waals surface area (Å²) in [5.41, 5.74) is 4.53. The SMILES string of the molecule is N#Cc1cc(S(=O)(=O)Cl)cc(Cl)c1F.N#Cc1cc(SCc2ccccc2)cc(Cl)c1F.NC(=O)c1cc(Br)cc(Cl)c1F.O=C(O)c1cc(Br)cc(Cl)c1F.O=C(O)c1cccc(Cl)c1F.Oc1cc(Br)cc(Cl)c1F. The average molecular weight is 1440 g/mol. The standard InChI is InChI=1S/C14H9ClFNS.C7H4BrClFNO.C7H3BrClFO2.C7H2Cl2FNO2S.C7H4ClFO2.C6H3BrClFO/c15-13-7-12(6-11(8-17)14(13)16)18-9-10-4-2-1-3-5-10;2*8-3-1-4(7(11)12)6(10)5(9)2-3;8-6-2-5(14(9,12)13)1-4(3-11)7(6)10;8-5-3-1-2-4(6(5)9)7(10)11;7-3-1-4(8)6(9)5(10)2-3/h1-7H,9H2;1-2H,(H2,11,12);1-2H,(H,11,12);1-2H;1-3H,(H,10,11);1-2,10H. The number of phenolic OH excluding ortho intramolecular Hbond substituents is 1. The fraction of sp³-hybridized carbons (Fsp3) is 0.0208. The first kappa shape index (κ1) is 68.2. The van der Waals surface area contributed by atoms with Gasteiger partial charge in [0.2, 0.25) is 0 Å². The van der Waals surface area contributed by atoms with Gasteiger partial charge >= 0.3 is 11.9 Å². The lowest BCUT2D eigenvalue weighted by molar-refractivity contribution is 0.0680. The van der Waals surface area contributed by atoms with E-state index in [0.717, 1.165) is 34.9 Å². The Balaban J connectivity index is 0.000000320. The molecule has 0 unspecified atom stereocenters. The topological polar surface area (TPSA) is 220 Å². The van der Waals surface area contributed by atoms with Crippen LogP contribution < -0.4 is 5.73 Å². The Morgan fingerprint density at radius 1 is 0.545 bits per heavy atom. The lowest BCUT2D eigenvalue weighted by Gasteiger charge is -2.04. The molecule has 7 aromatic carbocycles. The minimum atomic E-state index is -4.00. The second-order valence-corrected chi connectivity index (χ2v) is 22.6. The molecule has 0 aliphatic heterocycles. The third kappa shape index (κ3) is 22.0. The van der Waals surface area contributed by atoms with Crippen LogP contribution in [0.3, 0.4) is 0 Å². The summed E-state index contributed by atoms with van der Waals surface area (Å²) < 4.78 is 101. The number of nitrogens with zero attached hydrogens (tertiary/aromatic N) is 2. The predicted octanol–water partition coefficient (Wildman–Crippen LogP) is 17.3. The molecular formula is C48H25Br3Cl7F6N3O8S2. The van der Waals surface area contributed by atoms with Gasteiger partial charge in [0.15, 0.2) is 40.7 Å². The molecular weight excluding hydrogens is 1410 g/mol. The average Bonchev–Trinajstić information content (AvgIpc) is 3.35. The van der Waals surface area contributed by atoms with Crippen molar-refractivity contribution in [1.29, 1.82) is 10.5 Å². The molecule has 7 aromatic rings. The van der Waals surface area contributed by atoms with Crippen molar-refractivity contribution in [2.45, 2.75) is 15.5 Å². The van der Waals surface area contributed by atoms with E-state index in [1.54, 1.807) is 12.1 Å². The predicted molar refractivity (Wildman–Crippen MR) is 294 cm³/mol. The van der Waals surface area contributed by atoms with Gasteiger partial charge < -0.3 is 21.1 Å². The number of carboxylic acids is 2. The number of nitrogens with two attached hydrogens (primary N) is 1. The van der Waals surface area contributed by atoms with Gasteiger partial charge in [0.25, 0.3) is 15.0 Å². The van der Waals surface area contributed by atoms with E-state index in [-0.39, 0.29) is 36.2 Å². The van der Waals surface area contributed by atoms with E-state index in [2.05, 4.69) is 47.8 Å². The highest BCUT2D eigenvalue weighted by Gasteiger charge is 2.18.